The van der Waals surface area contributed by atoms with Crippen LogP contribution in [0.1, 0.15) is 40.8 Å². The molecule has 6 nitrogen and oxygen atoms in total. The van der Waals surface area contributed by atoms with Crippen LogP contribution in [-0.2, 0) is 19.4 Å². The summed E-state index contributed by atoms with van der Waals surface area (Å²) in [5, 5.41) is 14.4. The van der Waals surface area contributed by atoms with Crippen LogP contribution in [0.4, 0.5) is 0 Å². The van der Waals surface area contributed by atoms with Crippen molar-refractivity contribution in [2.75, 3.05) is 6.54 Å². The number of hydrogen-bond acceptors (Lipinski definition) is 3. The Labute approximate surface area is 123 Å². The third-order valence-corrected chi connectivity index (χ3v) is 4.15. The van der Waals surface area contributed by atoms with E-state index in [9.17, 15) is 4.79 Å². The van der Waals surface area contributed by atoms with E-state index in [1.165, 1.54) is 0 Å². The van der Waals surface area contributed by atoms with Crippen LogP contribution >= 0.6 is 0 Å². The van der Waals surface area contributed by atoms with Crippen molar-refractivity contribution in [1.82, 2.24) is 25.3 Å². The van der Waals surface area contributed by atoms with E-state index in [4.69, 9.17) is 0 Å². The minimum absolute atomic E-state index is 0.0913. The number of hydrogen-bond donors (Lipinski definition) is 2. The van der Waals surface area contributed by atoms with Crippen LogP contribution in [0.5, 0.6) is 0 Å². The monoisotopic (exact) mass is 287 g/mol. The first-order chi connectivity index (χ1) is 10.1. The molecule has 0 saturated carbocycles. The van der Waals surface area contributed by atoms with Gasteiger partial charge in [-0.1, -0.05) is 6.92 Å². The molecular formula is C15H21N5O. The minimum Gasteiger partial charge on any atom is -0.349 e. The zero-order valence-electron chi connectivity index (χ0n) is 12.5. The van der Waals surface area contributed by atoms with Crippen LogP contribution in [0.25, 0.3) is 0 Å². The van der Waals surface area contributed by atoms with Crippen molar-refractivity contribution in [1.29, 1.82) is 0 Å². The molecule has 0 aromatic carbocycles. The number of fused-ring (bicyclic) bond motifs is 1. The summed E-state index contributed by atoms with van der Waals surface area (Å²) in [6.07, 6.45) is 4.85. The highest BCUT2D eigenvalue weighted by Gasteiger charge is 2.24. The molecule has 0 unspecified atom stereocenters. The summed E-state index contributed by atoms with van der Waals surface area (Å²) in [7, 11) is 0. The average Bonchev–Trinajstić information content (AvgIpc) is 3.05. The van der Waals surface area contributed by atoms with Gasteiger partial charge in [-0.2, -0.15) is 10.2 Å². The lowest BCUT2D eigenvalue weighted by Gasteiger charge is -2.18. The third-order valence-electron chi connectivity index (χ3n) is 4.15. The van der Waals surface area contributed by atoms with Crippen molar-refractivity contribution in [2.45, 2.75) is 39.7 Å². The maximum Gasteiger partial charge on any atom is 0.272 e. The van der Waals surface area contributed by atoms with Gasteiger partial charge >= 0.3 is 0 Å². The summed E-state index contributed by atoms with van der Waals surface area (Å²) >= 11 is 0. The largest absolute Gasteiger partial charge is 0.349 e. The Morgan fingerprint density at radius 1 is 1.57 bits per heavy atom. The van der Waals surface area contributed by atoms with Gasteiger partial charge in [0.25, 0.3) is 5.91 Å². The SMILES string of the molecule is Cc1ccnn1CCNC(=O)c1n[nH]c2c1C[C@H](C)CC2. The predicted octanol–water partition coefficient (Wildman–Crippen LogP) is 1.47. The number of aromatic amines is 1. The summed E-state index contributed by atoms with van der Waals surface area (Å²) in [6.45, 7) is 5.45. The van der Waals surface area contributed by atoms with Crippen LogP contribution in [-0.4, -0.2) is 32.4 Å². The maximum atomic E-state index is 12.3. The third kappa shape index (κ3) is 2.84. The molecule has 1 aliphatic carbocycles. The maximum absolute atomic E-state index is 12.3. The quantitative estimate of drug-likeness (QED) is 0.894. The molecule has 2 N–H and O–H groups in total. The molecule has 2 aromatic rings. The van der Waals surface area contributed by atoms with Gasteiger partial charge in [-0.25, -0.2) is 0 Å². The van der Waals surface area contributed by atoms with Crippen molar-refractivity contribution < 1.29 is 4.79 Å². The Balaban J connectivity index is 1.61. The number of amides is 1. The van der Waals surface area contributed by atoms with E-state index in [2.05, 4.69) is 27.5 Å². The molecule has 112 valence electrons. The van der Waals surface area contributed by atoms with Gasteiger partial charge < -0.3 is 5.32 Å². The van der Waals surface area contributed by atoms with Gasteiger partial charge in [0.15, 0.2) is 5.69 Å². The van der Waals surface area contributed by atoms with E-state index in [1.807, 2.05) is 17.7 Å². The second kappa shape index (κ2) is 5.71. The molecule has 0 fully saturated rings. The van der Waals surface area contributed by atoms with Gasteiger partial charge in [0.1, 0.15) is 0 Å². The van der Waals surface area contributed by atoms with Gasteiger partial charge in [0.05, 0.1) is 6.54 Å². The minimum atomic E-state index is -0.0913. The molecule has 1 aliphatic rings. The molecule has 2 heterocycles. The fourth-order valence-electron chi connectivity index (χ4n) is 2.85. The van der Waals surface area contributed by atoms with Crippen LogP contribution in [0.2, 0.25) is 0 Å². The van der Waals surface area contributed by atoms with Crippen molar-refractivity contribution >= 4 is 5.91 Å². The fourth-order valence-corrected chi connectivity index (χ4v) is 2.85. The molecule has 0 spiro atoms. The molecule has 3 rings (SSSR count). The molecule has 0 aliphatic heterocycles. The van der Waals surface area contributed by atoms with Crippen LogP contribution in [0, 0.1) is 12.8 Å². The predicted molar refractivity (Wildman–Crippen MR) is 79.1 cm³/mol. The van der Waals surface area contributed by atoms with Crippen LogP contribution < -0.4 is 5.32 Å². The smallest absolute Gasteiger partial charge is 0.272 e. The highest BCUT2D eigenvalue weighted by atomic mass is 16.1. The number of rotatable bonds is 4. The summed E-state index contributed by atoms with van der Waals surface area (Å²) in [6, 6.07) is 1.95. The van der Waals surface area contributed by atoms with Gasteiger partial charge in [-0.15, -0.1) is 0 Å². The molecule has 21 heavy (non-hydrogen) atoms. The number of aromatic nitrogens is 4. The molecule has 2 aromatic heterocycles. The van der Waals surface area contributed by atoms with Crippen molar-refractivity contribution in [2.24, 2.45) is 5.92 Å². The van der Waals surface area contributed by atoms with Gasteiger partial charge in [-0.05, 0) is 38.2 Å². The lowest BCUT2D eigenvalue weighted by atomic mass is 9.88. The van der Waals surface area contributed by atoms with E-state index in [0.29, 0.717) is 24.7 Å². The molecule has 1 amide bonds. The first kappa shape index (κ1) is 13.9. The Morgan fingerprint density at radius 2 is 2.43 bits per heavy atom. The van der Waals surface area contributed by atoms with Gasteiger partial charge in [0.2, 0.25) is 0 Å². The number of nitrogens with zero attached hydrogens (tertiary/aromatic N) is 3. The van der Waals surface area contributed by atoms with Gasteiger partial charge in [0, 0.05) is 29.7 Å². The van der Waals surface area contributed by atoms with Crippen molar-refractivity contribution in [3.05, 3.63) is 34.9 Å². The Bertz CT molecular complexity index is 642. The standard InChI is InChI=1S/C15H21N5O/c1-10-3-4-13-12(9-10)14(19-18-13)15(21)16-7-8-20-11(2)5-6-17-20/h5-6,10H,3-4,7-9H2,1-2H3,(H,16,21)(H,18,19)/t10-/m1/s1. The Kier molecular flexibility index (Phi) is 3.77. The van der Waals surface area contributed by atoms with E-state index >= 15 is 0 Å². The topological polar surface area (TPSA) is 75.6 Å². The van der Waals surface area contributed by atoms with E-state index in [-0.39, 0.29) is 5.91 Å². The molecule has 0 saturated heterocycles. The molecule has 0 bridgehead atoms. The highest BCUT2D eigenvalue weighted by molar-refractivity contribution is 5.94. The molecule has 1 atom stereocenters. The number of H-pyrrole nitrogens is 1. The van der Waals surface area contributed by atoms with Crippen molar-refractivity contribution in [3.8, 4) is 0 Å². The first-order valence-electron chi connectivity index (χ1n) is 7.48. The second-order valence-corrected chi connectivity index (χ2v) is 5.83. The summed E-state index contributed by atoms with van der Waals surface area (Å²) < 4.78 is 1.88. The van der Waals surface area contributed by atoms with Gasteiger partial charge in [-0.3, -0.25) is 14.6 Å². The normalized spacial score (nSPS) is 17.5. The second-order valence-electron chi connectivity index (χ2n) is 5.83. The Hall–Kier alpha value is -2.11. The highest BCUT2D eigenvalue weighted by Crippen LogP contribution is 2.25. The number of nitrogens with one attached hydrogen (secondary N) is 2. The van der Waals surface area contributed by atoms with Crippen LogP contribution in [0.15, 0.2) is 12.3 Å². The van der Waals surface area contributed by atoms with E-state index in [1.54, 1.807) is 6.20 Å². The molecular weight excluding hydrogens is 266 g/mol. The summed E-state index contributed by atoms with van der Waals surface area (Å²) in [4.78, 5) is 12.3. The first-order valence-corrected chi connectivity index (χ1v) is 7.48. The number of aryl methyl sites for hydroxylation is 2. The number of carbonyl (C=O) groups excluding carboxylic acids is 1. The average molecular weight is 287 g/mol. The van der Waals surface area contributed by atoms with Crippen molar-refractivity contribution in [3.63, 3.8) is 0 Å². The van der Waals surface area contributed by atoms with E-state index < -0.39 is 0 Å². The fraction of sp³-hybridized carbons (Fsp3) is 0.533. The Morgan fingerprint density at radius 3 is 3.19 bits per heavy atom. The molecule has 6 heteroatoms. The zero-order valence-corrected chi connectivity index (χ0v) is 12.5. The molecule has 0 radical (unpaired) electrons. The summed E-state index contributed by atoms with van der Waals surface area (Å²) in [5.74, 6) is 0.528. The lowest BCUT2D eigenvalue weighted by molar-refractivity contribution is 0.0945. The number of carbonyl (C=O) groups is 1. The summed E-state index contributed by atoms with van der Waals surface area (Å²) in [5.41, 5.74) is 3.88. The van der Waals surface area contributed by atoms with Crippen LogP contribution in [0.3, 0.4) is 0 Å². The lowest BCUT2D eigenvalue weighted by Crippen LogP contribution is -2.29. The zero-order chi connectivity index (χ0) is 14.8. The van der Waals surface area contributed by atoms with E-state index in [0.717, 1.165) is 36.2 Å².